The minimum Gasteiger partial charge on any atom is -0.387 e. The lowest BCUT2D eigenvalue weighted by Gasteiger charge is -2.30. The van der Waals surface area contributed by atoms with Crippen molar-refractivity contribution in [1.82, 2.24) is 5.32 Å². The maximum absolute atomic E-state index is 12.1. The Hall–Kier alpha value is -0.870. The average molecular weight is 281 g/mol. The molecule has 0 radical (unpaired) electrons. The smallest absolute Gasteiger partial charge is 0.223 e. The van der Waals surface area contributed by atoms with Gasteiger partial charge in [0, 0.05) is 12.5 Å². The summed E-state index contributed by atoms with van der Waals surface area (Å²) in [6.07, 6.45) is 2.59. The van der Waals surface area contributed by atoms with Crippen LogP contribution in [0.1, 0.15) is 44.8 Å². The lowest BCUT2D eigenvalue weighted by atomic mass is 9.76. The number of amides is 1. The van der Waals surface area contributed by atoms with Crippen molar-refractivity contribution in [2.45, 2.75) is 39.2 Å². The van der Waals surface area contributed by atoms with Crippen LogP contribution >= 0.6 is 11.3 Å². The van der Waals surface area contributed by atoms with Gasteiger partial charge in [-0.3, -0.25) is 4.79 Å². The van der Waals surface area contributed by atoms with Crippen molar-refractivity contribution in [3.8, 4) is 0 Å². The molecular weight excluding hydrogens is 258 g/mol. The van der Waals surface area contributed by atoms with E-state index in [0.29, 0.717) is 18.4 Å². The van der Waals surface area contributed by atoms with Crippen molar-refractivity contribution in [2.75, 3.05) is 6.54 Å². The molecule has 3 nitrogen and oxygen atoms in total. The van der Waals surface area contributed by atoms with E-state index in [9.17, 15) is 9.90 Å². The van der Waals surface area contributed by atoms with Crippen molar-refractivity contribution in [3.05, 3.63) is 22.4 Å². The van der Waals surface area contributed by atoms with Crippen LogP contribution in [0.4, 0.5) is 0 Å². The molecule has 1 aromatic heterocycles. The second-order valence-corrected chi connectivity index (χ2v) is 6.71. The third-order valence-corrected chi connectivity index (χ3v) is 4.65. The topological polar surface area (TPSA) is 49.3 Å². The van der Waals surface area contributed by atoms with Gasteiger partial charge in [0.2, 0.25) is 5.91 Å². The van der Waals surface area contributed by atoms with Gasteiger partial charge in [0.05, 0.1) is 6.10 Å². The van der Waals surface area contributed by atoms with Gasteiger partial charge in [-0.15, -0.1) is 0 Å². The lowest BCUT2D eigenvalue weighted by molar-refractivity contribution is -0.127. The number of carbonyl (C=O) groups is 1. The molecule has 0 aliphatic heterocycles. The molecular formula is C15H23NO2S. The fourth-order valence-corrected chi connectivity index (χ4v) is 3.79. The Kier molecular flexibility index (Phi) is 4.99. The summed E-state index contributed by atoms with van der Waals surface area (Å²) >= 11 is 1.56. The number of carbonyl (C=O) groups excluding carboxylic acids is 1. The van der Waals surface area contributed by atoms with E-state index in [1.54, 1.807) is 11.3 Å². The fourth-order valence-electron chi connectivity index (χ4n) is 3.09. The number of hydrogen-bond donors (Lipinski definition) is 2. The molecule has 0 spiro atoms. The summed E-state index contributed by atoms with van der Waals surface area (Å²) in [6, 6.07) is 1.90. The Morgan fingerprint density at radius 2 is 2.11 bits per heavy atom. The van der Waals surface area contributed by atoms with E-state index in [-0.39, 0.29) is 11.8 Å². The first kappa shape index (κ1) is 14.5. The van der Waals surface area contributed by atoms with E-state index in [1.807, 2.05) is 16.8 Å². The van der Waals surface area contributed by atoms with Crippen molar-refractivity contribution in [2.24, 2.45) is 17.8 Å². The highest BCUT2D eigenvalue weighted by atomic mass is 32.1. The summed E-state index contributed by atoms with van der Waals surface area (Å²) in [5.74, 6) is 1.48. The van der Waals surface area contributed by atoms with Crippen LogP contribution in [0.15, 0.2) is 16.8 Å². The van der Waals surface area contributed by atoms with Gasteiger partial charge in [0.25, 0.3) is 0 Å². The summed E-state index contributed by atoms with van der Waals surface area (Å²) in [7, 11) is 0. The average Bonchev–Trinajstić information content (AvgIpc) is 2.88. The zero-order chi connectivity index (χ0) is 13.8. The highest BCUT2D eigenvalue weighted by Gasteiger charge is 2.29. The Labute approximate surface area is 119 Å². The molecule has 1 amide bonds. The van der Waals surface area contributed by atoms with Crippen LogP contribution in [-0.4, -0.2) is 17.6 Å². The monoisotopic (exact) mass is 281 g/mol. The molecule has 0 aromatic carbocycles. The molecule has 0 saturated heterocycles. The van der Waals surface area contributed by atoms with Gasteiger partial charge in [-0.2, -0.15) is 11.3 Å². The fraction of sp³-hybridized carbons (Fsp3) is 0.667. The van der Waals surface area contributed by atoms with Gasteiger partial charge >= 0.3 is 0 Å². The van der Waals surface area contributed by atoms with Gasteiger partial charge in [0.15, 0.2) is 0 Å². The molecule has 2 N–H and O–H groups in total. The van der Waals surface area contributed by atoms with Gasteiger partial charge in [-0.25, -0.2) is 0 Å². The van der Waals surface area contributed by atoms with Crippen LogP contribution in [-0.2, 0) is 4.79 Å². The minimum absolute atomic E-state index is 0.104. The second kappa shape index (κ2) is 6.53. The van der Waals surface area contributed by atoms with Crippen molar-refractivity contribution < 1.29 is 9.90 Å². The number of aliphatic hydroxyl groups is 1. The van der Waals surface area contributed by atoms with Crippen molar-refractivity contribution in [1.29, 1.82) is 0 Å². The van der Waals surface area contributed by atoms with Crippen molar-refractivity contribution in [3.63, 3.8) is 0 Å². The number of rotatable bonds is 4. The number of aliphatic hydroxyl groups excluding tert-OH is 1. The van der Waals surface area contributed by atoms with E-state index in [0.717, 1.165) is 18.4 Å². The van der Waals surface area contributed by atoms with Crippen molar-refractivity contribution >= 4 is 17.2 Å². The third kappa shape index (κ3) is 4.05. The summed E-state index contributed by atoms with van der Waals surface area (Å²) < 4.78 is 0. The van der Waals surface area contributed by atoms with Gasteiger partial charge in [-0.1, -0.05) is 13.8 Å². The predicted octanol–water partition coefficient (Wildman–Crippen LogP) is 2.97. The highest BCUT2D eigenvalue weighted by Crippen LogP contribution is 2.32. The number of nitrogens with one attached hydrogen (secondary N) is 1. The Bertz CT molecular complexity index is 394. The quantitative estimate of drug-likeness (QED) is 0.891. The standard InChI is InChI=1S/C15H23NO2S/c1-10-5-11(2)7-13(6-10)15(18)16-8-14(17)12-3-4-19-9-12/h3-4,9-11,13-14,17H,5-8H2,1-2H3,(H,16,18). The molecule has 1 aromatic rings. The van der Waals surface area contributed by atoms with E-state index in [2.05, 4.69) is 19.2 Å². The maximum Gasteiger partial charge on any atom is 0.223 e. The molecule has 1 aliphatic carbocycles. The van der Waals surface area contributed by atoms with Crippen LogP contribution in [0.3, 0.4) is 0 Å². The van der Waals surface area contributed by atoms with Crippen LogP contribution in [0.5, 0.6) is 0 Å². The first-order valence-corrected chi connectivity index (χ1v) is 7.98. The summed E-state index contributed by atoms with van der Waals surface area (Å²) in [4.78, 5) is 12.1. The molecule has 19 heavy (non-hydrogen) atoms. The first-order chi connectivity index (χ1) is 9.06. The van der Waals surface area contributed by atoms with E-state index >= 15 is 0 Å². The molecule has 1 aliphatic rings. The zero-order valence-electron chi connectivity index (χ0n) is 11.6. The molecule has 106 valence electrons. The molecule has 3 atom stereocenters. The third-order valence-electron chi connectivity index (χ3n) is 3.95. The Morgan fingerprint density at radius 3 is 2.68 bits per heavy atom. The van der Waals surface area contributed by atoms with Crippen LogP contribution in [0, 0.1) is 17.8 Å². The SMILES string of the molecule is CC1CC(C)CC(C(=O)NCC(O)c2ccsc2)C1. The van der Waals surface area contributed by atoms with Gasteiger partial charge < -0.3 is 10.4 Å². The number of hydrogen-bond acceptors (Lipinski definition) is 3. The largest absolute Gasteiger partial charge is 0.387 e. The second-order valence-electron chi connectivity index (χ2n) is 5.93. The molecule has 3 unspecified atom stereocenters. The highest BCUT2D eigenvalue weighted by molar-refractivity contribution is 7.07. The molecule has 4 heteroatoms. The van der Waals surface area contributed by atoms with Gasteiger partial charge in [0.1, 0.15) is 0 Å². The summed E-state index contributed by atoms with van der Waals surface area (Å²) in [5, 5.41) is 16.7. The van der Waals surface area contributed by atoms with E-state index in [1.165, 1.54) is 6.42 Å². The maximum atomic E-state index is 12.1. The number of thiophene rings is 1. The predicted molar refractivity (Wildman–Crippen MR) is 78.0 cm³/mol. The molecule has 1 heterocycles. The minimum atomic E-state index is -0.589. The molecule has 2 rings (SSSR count). The lowest BCUT2D eigenvalue weighted by Crippen LogP contribution is -2.37. The Morgan fingerprint density at radius 1 is 1.42 bits per heavy atom. The summed E-state index contributed by atoms with van der Waals surface area (Å²) in [6.45, 7) is 4.75. The van der Waals surface area contributed by atoms with Crippen LogP contribution in [0.25, 0.3) is 0 Å². The molecule has 1 fully saturated rings. The van der Waals surface area contributed by atoms with Crippen LogP contribution < -0.4 is 5.32 Å². The molecule has 0 bridgehead atoms. The normalized spacial score (nSPS) is 28.9. The first-order valence-electron chi connectivity index (χ1n) is 7.04. The summed E-state index contributed by atoms with van der Waals surface area (Å²) in [5.41, 5.74) is 0.885. The Balaban J connectivity index is 1.81. The van der Waals surface area contributed by atoms with E-state index in [4.69, 9.17) is 0 Å². The van der Waals surface area contributed by atoms with Crippen LogP contribution in [0.2, 0.25) is 0 Å². The van der Waals surface area contributed by atoms with E-state index < -0.39 is 6.10 Å². The van der Waals surface area contributed by atoms with Gasteiger partial charge in [-0.05, 0) is 53.5 Å². The zero-order valence-corrected chi connectivity index (χ0v) is 12.5. The molecule has 1 saturated carbocycles.